The van der Waals surface area contributed by atoms with Crippen molar-refractivity contribution in [3.05, 3.63) is 72.5 Å². The predicted molar refractivity (Wildman–Crippen MR) is 61.8 cm³/mol. The Morgan fingerprint density at radius 2 is 1.93 bits per heavy atom. The topological polar surface area (TPSA) is 26.0 Å². The second-order valence-corrected chi connectivity index (χ2v) is 3.16. The second kappa shape index (κ2) is 5.07. The number of benzene rings is 1. The zero-order chi connectivity index (χ0) is 10.4. The Morgan fingerprint density at radius 1 is 1.29 bits per heavy atom. The highest BCUT2D eigenvalue weighted by Crippen LogP contribution is 2.09. The van der Waals surface area contributed by atoms with Crippen molar-refractivity contribution in [3.8, 4) is 0 Å². The van der Waals surface area contributed by atoms with Crippen molar-refractivity contribution in [2.24, 2.45) is 5.73 Å². The van der Waals surface area contributed by atoms with Crippen molar-refractivity contribution < 1.29 is 0 Å². The molecule has 1 nitrogen and oxygen atoms in total. The van der Waals surface area contributed by atoms with Crippen molar-refractivity contribution in [3.63, 3.8) is 0 Å². The van der Waals surface area contributed by atoms with Gasteiger partial charge in [0.1, 0.15) is 0 Å². The molecule has 0 spiro atoms. The normalized spacial score (nSPS) is 11.0. The van der Waals surface area contributed by atoms with Crippen molar-refractivity contribution in [1.82, 2.24) is 0 Å². The van der Waals surface area contributed by atoms with Gasteiger partial charge in [-0.25, -0.2) is 0 Å². The van der Waals surface area contributed by atoms with Crippen LogP contribution >= 0.6 is 0 Å². The Hall–Kier alpha value is -1.76. The van der Waals surface area contributed by atoms with E-state index in [1.165, 1.54) is 5.56 Å². The fourth-order valence-corrected chi connectivity index (χ4v) is 1.25. The molecule has 72 valence electrons. The van der Waals surface area contributed by atoms with Crippen molar-refractivity contribution >= 4 is 0 Å². The number of hydrogen-bond acceptors (Lipinski definition) is 1. The maximum absolute atomic E-state index is 5.50. The van der Waals surface area contributed by atoms with E-state index in [0.29, 0.717) is 5.70 Å². The molecule has 0 fully saturated rings. The van der Waals surface area contributed by atoms with Crippen LogP contribution < -0.4 is 5.73 Å². The summed E-state index contributed by atoms with van der Waals surface area (Å²) in [6.45, 7) is 7.38. The molecule has 0 saturated carbocycles. The van der Waals surface area contributed by atoms with E-state index in [1.807, 2.05) is 30.4 Å². The van der Waals surface area contributed by atoms with E-state index in [2.05, 4.69) is 25.3 Å². The summed E-state index contributed by atoms with van der Waals surface area (Å²) >= 11 is 0. The third-order valence-electron chi connectivity index (χ3n) is 1.88. The van der Waals surface area contributed by atoms with Crippen LogP contribution in [0, 0.1) is 0 Å². The van der Waals surface area contributed by atoms with E-state index in [4.69, 9.17) is 5.73 Å². The molecule has 0 aliphatic heterocycles. The van der Waals surface area contributed by atoms with Gasteiger partial charge in [0.15, 0.2) is 0 Å². The lowest BCUT2D eigenvalue weighted by atomic mass is 10.0. The average molecular weight is 185 g/mol. The van der Waals surface area contributed by atoms with E-state index in [0.717, 1.165) is 12.0 Å². The molecule has 0 amide bonds. The van der Waals surface area contributed by atoms with E-state index in [-0.39, 0.29) is 0 Å². The summed E-state index contributed by atoms with van der Waals surface area (Å²) in [4.78, 5) is 0. The second-order valence-electron chi connectivity index (χ2n) is 3.16. The van der Waals surface area contributed by atoms with E-state index in [9.17, 15) is 0 Å². The van der Waals surface area contributed by atoms with Gasteiger partial charge in [-0.1, -0.05) is 49.6 Å². The van der Waals surface area contributed by atoms with Crippen LogP contribution in [0.15, 0.2) is 66.9 Å². The summed E-state index contributed by atoms with van der Waals surface area (Å²) < 4.78 is 0. The lowest BCUT2D eigenvalue weighted by molar-refractivity contribution is 1.19. The molecular weight excluding hydrogens is 170 g/mol. The van der Waals surface area contributed by atoms with Gasteiger partial charge in [0.25, 0.3) is 0 Å². The summed E-state index contributed by atoms with van der Waals surface area (Å²) in [5.41, 5.74) is 8.41. The largest absolute Gasteiger partial charge is 0.399 e. The number of hydrogen-bond donors (Lipinski definition) is 1. The van der Waals surface area contributed by atoms with Gasteiger partial charge in [-0.2, -0.15) is 0 Å². The molecule has 0 radical (unpaired) electrons. The molecule has 1 rings (SSSR count). The van der Waals surface area contributed by atoms with E-state index >= 15 is 0 Å². The number of allylic oxidation sites excluding steroid dienone is 3. The van der Waals surface area contributed by atoms with Gasteiger partial charge in [0.05, 0.1) is 0 Å². The van der Waals surface area contributed by atoms with Gasteiger partial charge in [-0.05, 0) is 23.6 Å². The minimum Gasteiger partial charge on any atom is -0.399 e. The third-order valence-corrected chi connectivity index (χ3v) is 1.88. The van der Waals surface area contributed by atoms with Crippen LogP contribution in [0.4, 0.5) is 0 Å². The fourth-order valence-electron chi connectivity index (χ4n) is 1.25. The molecule has 1 aromatic carbocycles. The first-order valence-electron chi connectivity index (χ1n) is 4.53. The predicted octanol–water partition coefficient (Wildman–Crippen LogP) is 2.81. The monoisotopic (exact) mass is 185 g/mol. The fraction of sp³-hybridized carbons (Fsp3) is 0.0769. The molecule has 0 aliphatic carbocycles. The Bertz CT molecular complexity index is 347. The van der Waals surface area contributed by atoms with Gasteiger partial charge >= 0.3 is 0 Å². The van der Waals surface area contributed by atoms with Crippen LogP contribution in [-0.4, -0.2) is 0 Å². The molecule has 0 bridgehead atoms. The summed E-state index contributed by atoms with van der Waals surface area (Å²) in [7, 11) is 0. The maximum atomic E-state index is 5.50. The van der Waals surface area contributed by atoms with Crippen LogP contribution in [0.2, 0.25) is 0 Å². The lowest BCUT2D eigenvalue weighted by Crippen LogP contribution is -1.94. The van der Waals surface area contributed by atoms with Crippen molar-refractivity contribution in [2.45, 2.75) is 6.42 Å². The Labute approximate surface area is 85.3 Å². The molecule has 0 saturated heterocycles. The first kappa shape index (κ1) is 10.3. The molecule has 2 N–H and O–H groups in total. The molecule has 0 heterocycles. The number of rotatable bonds is 4. The van der Waals surface area contributed by atoms with Gasteiger partial charge in [-0.3, -0.25) is 0 Å². The van der Waals surface area contributed by atoms with Gasteiger partial charge < -0.3 is 5.73 Å². The average Bonchev–Trinajstić information content (AvgIpc) is 2.17. The Kier molecular flexibility index (Phi) is 3.74. The van der Waals surface area contributed by atoms with Gasteiger partial charge in [-0.15, -0.1) is 0 Å². The molecule has 0 atom stereocenters. The lowest BCUT2D eigenvalue weighted by Gasteiger charge is -2.02. The van der Waals surface area contributed by atoms with E-state index in [1.54, 1.807) is 0 Å². The molecular formula is C13H15N. The standard InChI is InChI=1S/C13H15N/c1-3-12(9-11(2)14)10-13-7-5-4-6-8-13/h3-9H,1-2,10,14H2/b12-9+. The molecule has 0 aliphatic rings. The molecule has 1 aromatic rings. The molecule has 0 aromatic heterocycles. The summed E-state index contributed by atoms with van der Waals surface area (Å²) in [6, 6.07) is 10.2. The first-order valence-corrected chi connectivity index (χ1v) is 4.53. The Morgan fingerprint density at radius 3 is 2.43 bits per heavy atom. The van der Waals surface area contributed by atoms with Gasteiger partial charge in [0.2, 0.25) is 0 Å². The van der Waals surface area contributed by atoms with Crippen LogP contribution in [0.1, 0.15) is 5.56 Å². The minimum atomic E-state index is 0.566. The summed E-state index contributed by atoms with van der Waals surface area (Å²) in [5, 5.41) is 0. The van der Waals surface area contributed by atoms with Crippen molar-refractivity contribution in [1.29, 1.82) is 0 Å². The SMILES string of the molecule is C=C/C(=C\C(=C)N)Cc1ccccc1. The number of nitrogens with two attached hydrogens (primary N) is 1. The van der Waals surface area contributed by atoms with E-state index < -0.39 is 0 Å². The molecule has 1 heteroatoms. The van der Waals surface area contributed by atoms with Gasteiger partial charge in [0, 0.05) is 5.70 Å². The summed E-state index contributed by atoms with van der Waals surface area (Å²) in [6.07, 6.45) is 4.51. The maximum Gasteiger partial charge on any atom is 0.0243 e. The third kappa shape index (κ3) is 3.31. The Balaban J connectivity index is 2.76. The highest BCUT2D eigenvalue weighted by Gasteiger charge is 1.94. The van der Waals surface area contributed by atoms with Crippen LogP contribution in [0.5, 0.6) is 0 Å². The molecule has 14 heavy (non-hydrogen) atoms. The highest BCUT2D eigenvalue weighted by molar-refractivity contribution is 5.31. The summed E-state index contributed by atoms with van der Waals surface area (Å²) in [5.74, 6) is 0. The molecule has 0 unspecified atom stereocenters. The van der Waals surface area contributed by atoms with Crippen LogP contribution in [0.25, 0.3) is 0 Å². The first-order chi connectivity index (χ1) is 6.72. The van der Waals surface area contributed by atoms with Crippen LogP contribution in [-0.2, 0) is 6.42 Å². The quantitative estimate of drug-likeness (QED) is 0.717. The smallest absolute Gasteiger partial charge is 0.0243 e. The van der Waals surface area contributed by atoms with Crippen molar-refractivity contribution in [2.75, 3.05) is 0 Å². The van der Waals surface area contributed by atoms with Crippen LogP contribution in [0.3, 0.4) is 0 Å². The highest BCUT2D eigenvalue weighted by atomic mass is 14.5. The zero-order valence-corrected chi connectivity index (χ0v) is 8.24. The zero-order valence-electron chi connectivity index (χ0n) is 8.24. The minimum absolute atomic E-state index is 0.566.